The molecule has 0 saturated heterocycles. The summed E-state index contributed by atoms with van der Waals surface area (Å²) in [4.78, 5) is 22.3. The first-order chi connectivity index (χ1) is 8.47. The van der Waals surface area contributed by atoms with Crippen molar-refractivity contribution in [3.05, 3.63) is 0 Å². The van der Waals surface area contributed by atoms with E-state index in [1.165, 1.54) is 31.2 Å². The molecule has 0 aromatic rings. The Kier molecular flexibility index (Phi) is 2.73. The van der Waals surface area contributed by atoms with Crippen molar-refractivity contribution in [2.24, 2.45) is 23.5 Å². The molecule has 3 N–H and O–H groups in total. The van der Waals surface area contributed by atoms with Crippen LogP contribution in [-0.2, 0) is 0 Å². The zero-order valence-electron chi connectivity index (χ0n) is 10.2. The molecule has 4 aliphatic carbocycles. The van der Waals surface area contributed by atoms with Crippen LogP contribution in [0.5, 0.6) is 0 Å². The number of rotatable bonds is 2. The third-order valence-corrected chi connectivity index (χ3v) is 6.05. The number of imide groups is 1. The molecule has 0 unspecified atom stereocenters. The minimum absolute atomic E-state index is 0.0534. The SMILES string of the molecule is NC(=O)N(SC12CC3CC(CC(C3)C1)C2)C(=O)O. The summed E-state index contributed by atoms with van der Waals surface area (Å²) in [6.07, 6.45) is 5.77. The van der Waals surface area contributed by atoms with Gasteiger partial charge in [-0.3, -0.25) is 0 Å². The van der Waals surface area contributed by atoms with Gasteiger partial charge in [-0.25, -0.2) is 9.59 Å². The van der Waals surface area contributed by atoms with Gasteiger partial charge in [0.25, 0.3) is 0 Å². The predicted molar refractivity (Wildman–Crippen MR) is 67.9 cm³/mol. The quantitative estimate of drug-likeness (QED) is 0.755. The average Bonchev–Trinajstić information content (AvgIpc) is 2.23. The predicted octanol–water partition coefficient (Wildman–Crippen LogP) is 2.66. The van der Waals surface area contributed by atoms with E-state index in [1.54, 1.807) is 0 Å². The smallest absolute Gasteiger partial charge is 0.425 e. The fourth-order valence-corrected chi connectivity index (χ4v) is 6.00. The zero-order valence-corrected chi connectivity index (χ0v) is 11.0. The molecule has 3 amide bonds. The zero-order chi connectivity index (χ0) is 12.9. The van der Waals surface area contributed by atoms with Crippen LogP contribution in [0, 0.1) is 17.8 Å². The van der Waals surface area contributed by atoms with Crippen LogP contribution in [0.3, 0.4) is 0 Å². The standard InChI is InChI=1S/C12H18N2O3S/c13-10(15)14(11(16)17)18-12-4-7-1-8(5-12)3-9(2-7)6-12/h7-9H,1-6H2,(H2,13,15)(H,16,17). The lowest BCUT2D eigenvalue weighted by atomic mass is 9.56. The summed E-state index contributed by atoms with van der Waals surface area (Å²) in [5.41, 5.74) is 5.15. The Morgan fingerprint density at radius 2 is 1.56 bits per heavy atom. The number of nitrogens with two attached hydrogens (primary N) is 1. The molecule has 0 heterocycles. The first-order valence-corrected chi connectivity index (χ1v) is 7.26. The Balaban J connectivity index is 1.79. The van der Waals surface area contributed by atoms with Crippen LogP contribution in [0.2, 0.25) is 0 Å². The third-order valence-electron chi connectivity index (χ3n) is 4.64. The highest BCUT2D eigenvalue weighted by Crippen LogP contribution is 2.61. The molecule has 0 radical (unpaired) electrons. The molecule has 5 nitrogen and oxygen atoms in total. The average molecular weight is 270 g/mol. The maximum Gasteiger partial charge on any atom is 0.425 e. The van der Waals surface area contributed by atoms with Gasteiger partial charge in [-0.2, -0.15) is 4.31 Å². The number of amides is 3. The maximum atomic E-state index is 11.2. The van der Waals surface area contributed by atoms with Gasteiger partial charge in [-0.1, -0.05) is 0 Å². The van der Waals surface area contributed by atoms with Crippen molar-refractivity contribution in [1.82, 2.24) is 4.31 Å². The summed E-state index contributed by atoms with van der Waals surface area (Å²) in [5.74, 6) is 2.19. The van der Waals surface area contributed by atoms with E-state index in [0.29, 0.717) is 0 Å². The van der Waals surface area contributed by atoms with Crippen molar-refractivity contribution >= 4 is 24.1 Å². The first-order valence-electron chi connectivity index (χ1n) is 6.49. The lowest BCUT2D eigenvalue weighted by Crippen LogP contribution is -2.51. The van der Waals surface area contributed by atoms with E-state index >= 15 is 0 Å². The molecule has 18 heavy (non-hydrogen) atoms. The molecule has 4 bridgehead atoms. The molecular weight excluding hydrogens is 252 g/mol. The molecular formula is C12H18N2O3S. The van der Waals surface area contributed by atoms with Gasteiger partial charge in [0.05, 0.1) is 0 Å². The minimum atomic E-state index is -1.25. The summed E-state index contributed by atoms with van der Waals surface area (Å²) in [7, 11) is 0. The van der Waals surface area contributed by atoms with E-state index in [4.69, 9.17) is 10.8 Å². The lowest BCUT2D eigenvalue weighted by Gasteiger charge is -2.56. The summed E-state index contributed by atoms with van der Waals surface area (Å²) < 4.78 is 0.676. The molecule has 0 atom stereocenters. The Morgan fingerprint density at radius 3 is 1.89 bits per heavy atom. The van der Waals surface area contributed by atoms with Crippen LogP contribution < -0.4 is 5.73 Å². The van der Waals surface area contributed by atoms with Crippen LogP contribution >= 0.6 is 11.9 Å². The van der Waals surface area contributed by atoms with Crippen molar-refractivity contribution in [2.45, 2.75) is 43.3 Å². The third kappa shape index (κ3) is 1.96. The second-order valence-electron chi connectivity index (χ2n) is 6.11. The largest absolute Gasteiger partial charge is 0.464 e. The normalized spacial score (nSPS) is 40.8. The van der Waals surface area contributed by atoms with Crippen molar-refractivity contribution < 1.29 is 14.7 Å². The highest BCUT2D eigenvalue weighted by atomic mass is 32.2. The van der Waals surface area contributed by atoms with Crippen LogP contribution in [0.4, 0.5) is 9.59 Å². The van der Waals surface area contributed by atoms with Crippen molar-refractivity contribution in [1.29, 1.82) is 0 Å². The number of carboxylic acid groups (broad SMARTS) is 1. The summed E-state index contributed by atoms with van der Waals surface area (Å²) >= 11 is 1.18. The Morgan fingerprint density at radius 1 is 1.11 bits per heavy atom. The van der Waals surface area contributed by atoms with Gasteiger partial charge in [0, 0.05) is 4.75 Å². The minimum Gasteiger partial charge on any atom is -0.464 e. The van der Waals surface area contributed by atoms with Gasteiger partial charge in [0.1, 0.15) is 0 Å². The lowest BCUT2D eigenvalue weighted by molar-refractivity contribution is 0.0371. The van der Waals surface area contributed by atoms with Crippen LogP contribution in [0.15, 0.2) is 0 Å². The van der Waals surface area contributed by atoms with Crippen LogP contribution in [0.1, 0.15) is 38.5 Å². The van der Waals surface area contributed by atoms with Crippen LogP contribution in [0.25, 0.3) is 0 Å². The van der Waals surface area contributed by atoms with E-state index in [2.05, 4.69) is 0 Å². The molecule has 4 rings (SSSR count). The van der Waals surface area contributed by atoms with Gasteiger partial charge in [-0.15, -0.1) is 0 Å². The Hall–Kier alpha value is -0.910. The van der Waals surface area contributed by atoms with Gasteiger partial charge < -0.3 is 10.8 Å². The van der Waals surface area contributed by atoms with Gasteiger partial charge in [0.15, 0.2) is 0 Å². The van der Waals surface area contributed by atoms with Crippen molar-refractivity contribution in [3.8, 4) is 0 Å². The highest BCUT2D eigenvalue weighted by Gasteiger charge is 2.53. The second kappa shape index (κ2) is 4.05. The Labute approximate surface area is 110 Å². The molecule has 0 spiro atoms. The molecule has 4 saturated carbocycles. The molecule has 4 fully saturated rings. The van der Waals surface area contributed by atoms with Gasteiger partial charge >= 0.3 is 12.1 Å². The van der Waals surface area contributed by atoms with E-state index < -0.39 is 12.1 Å². The Bertz CT molecular complexity index is 349. The van der Waals surface area contributed by atoms with Crippen LogP contribution in [-0.4, -0.2) is 26.3 Å². The van der Waals surface area contributed by atoms with Crippen molar-refractivity contribution in [2.75, 3.05) is 0 Å². The molecule has 0 aromatic heterocycles. The van der Waals surface area contributed by atoms with Gasteiger partial charge in [0.2, 0.25) is 0 Å². The number of urea groups is 1. The number of carbonyl (C=O) groups is 2. The monoisotopic (exact) mass is 270 g/mol. The van der Waals surface area contributed by atoms with E-state index in [9.17, 15) is 9.59 Å². The highest BCUT2D eigenvalue weighted by molar-refractivity contribution is 7.99. The maximum absolute atomic E-state index is 11.2. The summed E-state index contributed by atoms with van der Waals surface area (Å²) in [6, 6.07) is -0.872. The van der Waals surface area contributed by atoms with Crippen molar-refractivity contribution in [3.63, 3.8) is 0 Å². The molecule has 0 aromatic carbocycles. The fraction of sp³-hybridized carbons (Fsp3) is 0.833. The number of hydrogen-bond donors (Lipinski definition) is 2. The summed E-state index contributed by atoms with van der Waals surface area (Å²) in [6.45, 7) is 0. The molecule has 4 aliphatic rings. The number of nitrogens with zero attached hydrogens (tertiary/aromatic N) is 1. The van der Waals surface area contributed by atoms with Gasteiger partial charge in [-0.05, 0) is 68.2 Å². The van der Waals surface area contributed by atoms with E-state index in [0.717, 1.165) is 41.3 Å². The van der Waals surface area contributed by atoms with E-state index in [-0.39, 0.29) is 4.75 Å². The molecule has 0 aliphatic heterocycles. The first kappa shape index (κ1) is 12.1. The van der Waals surface area contributed by atoms with E-state index in [1.807, 2.05) is 0 Å². The number of primary amides is 1. The fourth-order valence-electron chi connectivity index (χ4n) is 4.51. The molecule has 6 heteroatoms. The number of carbonyl (C=O) groups excluding carboxylic acids is 1. The number of hydrogen-bond acceptors (Lipinski definition) is 3. The second-order valence-corrected chi connectivity index (χ2v) is 7.52. The molecule has 100 valence electrons. The summed E-state index contributed by atoms with van der Waals surface area (Å²) in [5, 5.41) is 9.05. The topological polar surface area (TPSA) is 83.6 Å².